The maximum atomic E-state index is 12.2. The molecule has 2 aromatic carbocycles. The average molecular weight is 367 g/mol. The molecule has 4 nitrogen and oxygen atoms in total. The second-order valence-corrected chi connectivity index (χ2v) is 7.68. The summed E-state index contributed by atoms with van der Waals surface area (Å²) in [6, 6.07) is 16.2. The number of ether oxygens (including phenoxy) is 1. The van der Waals surface area contributed by atoms with E-state index < -0.39 is 0 Å². The molecule has 1 aliphatic heterocycles. The number of hydrogen-bond donors (Lipinski definition) is 1. The lowest BCUT2D eigenvalue weighted by Gasteiger charge is -2.33. The number of nitrogens with one attached hydrogen (secondary N) is 1. The standard InChI is InChI=1S/C23H30N2O2/c1-17-6-4-8-22(14-17)27-16-23(26)24-19(3)20-9-11-21(12-10-20)25-13-5-7-18(2)15-25/h4,6,8-12,14,18-19H,5,7,13,15-16H2,1-3H3,(H,24,26)/t18-,19+/m0/s1. The summed E-state index contributed by atoms with van der Waals surface area (Å²) in [5.41, 5.74) is 3.49. The fourth-order valence-electron chi connectivity index (χ4n) is 3.62. The van der Waals surface area contributed by atoms with Gasteiger partial charge in [0, 0.05) is 18.8 Å². The molecule has 0 saturated carbocycles. The summed E-state index contributed by atoms with van der Waals surface area (Å²) >= 11 is 0. The van der Waals surface area contributed by atoms with Gasteiger partial charge in [-0.3, -0.25) is 4.79 Å². The van der Waals surface area contributed by atoms with E-state index in [2.05, 4.69) is 41.4 Å². The topological polar surface area (TPSA) is 41.6 Å². The van der Waals surface area contributed by atoms with Gasteiger partial charge in [0.15, 0.2) is 6.61 Å². The van der Waals surface area contributed by atoms with E-state index in [0.717, 1.165) is 35.9 Å². The Labute approximate surface area is 162 Å². The molecule has 2 atom stereocenters. The minimum Gasteiger partial charge on any atom is -0.484 e. The lowest BCUT2D eigenvalue weighted by atomic mass is 9.99. The van der Waals surface area contributed by atoms with E-state index in [4.69, 9.17) is 4.74 Å². The number of benzene rings is 2. The molecule has 0 aliphatic carbocycles. The van der Waals surface area contributed by atoms with Crippen LogP contribution >= 0.6 is 0 Å². The summed E-state index contributed by atoms with van der Waals surface area (Å²) in [6.07, 6.45) is 2.58. The summed E-state index contributed by atoms with van der Waals surface area (Å²) in [6.45, 7) is 8.61. The number of nitrogens with zero attached hydrogens (tertiary/aromatic N) is 1. The van der Waals surface area contributed by atoms with Crippen LogP contribution in [0.4, 0.5) is 5.69 Å². The van der Waals surface area contributed by atoms with Crippen LogP contribution in [0.1, 0.15) is 43.9 Å². The fraction of sp³-hybridized carbons (Fsp3) is 0.435. The Morgan fingerprint density at radius 1 is 1.26 bits per heavy atom. The highest BCUT2D eigenvalue weighted by Gasteiger charge is 2.17. The molecule has 0 spiro atoms. The number of carbonyl (C=O) groups excluding carboxylic acids is 1. The molecule has 0 radical (unpaired) electrons. The fourth-order valence-corrected chi connectivity index (χ4v) is 3.62. The number of carbonyl (C=O) groups is 1. The maximum Gasteiger partial charge on any atom is 0.258 e. The van der Waals surface area contributed by atoms with E-state index in [1.165, 1.54) is 18.5 Å². The van der Waals surface area contributed by atoms with Gasteiger partial charge in [-0.15, -0.1) is 0 Å². The van der Waals surface area contributed by atoms with E-state index in [1.54, 1.807) is 0 Å². The molecule has 1 N–H and O–H groups in total. The number of rotatable bonds is 6. The van der Waals surface area contributed by atoms with Crippen LogP contribution in [0.5, 0.6) is 5.75 Å². The molecular weight excluding hydrogens is 336 g/mol. The van der Waals surface area contributed by atoms with Crippen molar-refractivity contribution in [2.24, 2.45) is 5.92 Å². The lowest BCUT2D eigenvalue weighted by Crippen LogP contribution is -2.34. The molecule has 0 aromatic heterocycles. The Bertz CT molecular complexity index is 757. The van der Waals surface area contributed by atoms with Crippen molar-refractivity contribution in [3.63, 3.8) is 0 Å². The molecule has 1 aliphatic rings. The highest BCUT2D eigenvalue weighted by molar-refractivity contribution is 5.78. The highest BCUT2D eigenvalue weighted by atomic mass is 16.5. The molecule has 3 rings (SSSR count). The zero-order valence-electron chi connectivity index (χ0n) is 16.6. The predicted molar refractivity (Wildman–Crippen MR) is 110 cm³/mol. The first kappa shape index (κ1) is 19.3. The van der Waals surface area contributed by atoms with Gasteiger partial charge in [0.2, 0.25) is 0 Å². The second kappa shape index (κ2) is 8.94. The quantitative estimate of drug-likeness (QED) is 0.819. The van der Waals surface area contributed by atoms with Gasteiger partial charge in [-0.1, -0.05) is 31.2 Å². The van der Waals surface area contributed by atoms with Crippen LogP contribution in [0.25, 0.3) is 0 Å². The zero-order chi connectivity index (χ0) is 19.2. The molecule has 1 heterocycles. The van der Waals surface area contributed by atoms with Crippen molar-refractivity contribution in [3.05, 3.63) is 59.7 Å². The molecule has 0 unspecified atom stereocenters. The van der Waals surface area contributed by atoms with Crippen molar-refractivity contribution in [1.82, 2.24) is 5.32 Å². The minimum atomic E-state index is -0.113. The molecule has 1 amide bonds. The smallest absolute Gasteiger partial charge is 0.258 e. The van der Waals surface area contributed by atoms with E-state index >= 15 is 0 Å². The lowest BCUT2D eigenvalue weighted by molar-refractivity contribution is -0.123. The number of piperidine rings is 1. The Hall–Kier alpha value is -2.49. The molecule has 27 heavy (non-hydrogen) atoms. The third-order valence-electron chi connectivity index (χ3n) is 5.15. The van der Waals surface area contributed by atoms with E-state index in [0.29, 0.717) is 0 Å². The van der Waals surface area contributed by atoms with Crippen molar-refractivity contribution < 1.29 is 9.53 Å². The number of amides is 1. The van der Waals surface area contributed by atoms with Gasteiger partial charge in [-0.2, -0.15) is 0 Å². The molecule has 0 bridgehead atoms. The largest absolute Gasteiger partial charge is 0.484 e. The average Bonchev–Trinajstić information content (AvgIpc) is 2.66. The van der Waals surface area contributed by atoms with Gasteiger partial charge >= 0.3 is 0 Å². The molecular formula is C23H30N2O2. The third-order valence-corrected chi connectivity index (χ3v) is 5.15. The molecule has 2 aromatic rings. The third kappa shape index (κ3) is 5.49. The van der Waals surface area contributed by atoms with Gasteiger partial charge in [-0.05, 0) is 68.0 Å². The van der Waals surface area contributed by atoms with Crippen LogP contribution < -0.4 is 15.0 Å². The van der Waals surface area contributed by atoms with E-state index in [1.807, 2.05) is 38.1 Å². The minimum absolute atomic E-state index is 0.0253. The first-order chi connectivity index (χ1) is 13.0. The SMILES string of the molecule is Cc1cccc(OCC(=O)N[C@H](C)c2ccc(N3CCC[C@H](C)C3)cc2)c1. The number of hydrogen-bond acceptors (Lipinski definition) is 3. The highest BCUT2D eigenvalue weighted by Crippen LogP contribution is 2.24. The van der Waals surface area contributed by atoms with Gasteiger partial charge in [0.05, 0.1) is 6.04 Å². The Morgan fingerprint density at radius 3 is 2.74 bits per heavy atom. The molecule has 4 heteroatoms. The van der Waals surface area contributed by atoms with Crippen molar-refractivity contribution in [3.8, 4) is 5.75 Å². The van der Waals surface area contributed by atoms with Crippen molar-refractivity contribution in [2.75, 3.05) is 24.6 Å². The van der Waals surface area contributed by atoms with Gasteiger partial charge in [0.1, 0.15) is 5.75 Å². The Morgan fingerprint density at radius 2 is 2.04 bits per heavy atom. The summed E-state index contributed by atoms with van der Waals surface area (Å²) in [4.78, 5) is 14.6. The van der Waals surface area contributed by atoms with Crippen LogP contribution in [-0.2, 0) is 4.79 Å². The Kier molecular flexibility index (Phi) is 6.38. The predicted octanol–water partition coefficient (Wildman–Crippen LogP) is 4.49. The van der Waals surface area contributed by atoms with Crippen LogP contribution in [0.3, 0.4) is 0 Å². The maximum absolute atomic E-state index is 12.2. The first-order valence-corrected chi connectivity index (χ1v) is 9.85. The van der Waals surface area contributed by atoms with Crippen LogP contribution in [0.15, 0.2) is 48.5 Å². The van der Waals surface area contributed by atoms with E-state index in [9.17, 15) is 4.79 Å². The van der Waals surface area contributed by atoms with Gasteiger partial charge in [-0.25, -0.2) is 0 Å². The summed E-state index contributed by atoms with van der Waals surface area (Å²) in [5, 5.41) is 3.01. The van der Waals surface area contributed by atoms with Crippen molar-refractivity contribution in [1.29, 1.82) is 0 Å². The van der Waals surface area contributed by atoms with E-state index in [-0.39, 0.29) is 18.6 Å². The second-order valence-electron chi connectivity index (χ2n) is 7.68. The first-order valence-electron chi connectivity index (χ1n) is 9.85. The number of aryl methyl sites for hydroxylation is 1. The van der Waals surface area contributed by atoms with Crippen LogP contribution in [0, 0.1) is 12.8 Å². The summed E-state index contributed by atoms with van der Waals surface area (Å²) in [5.74, 6) is 1.36. The normalized spacial score (nSPS) is 18.0. The summed E-state index contributed by atoms with van der Waals surface area (Å²) < 4.78 is 5.58. The summed E-state index contributed by atoms with van der Waals surface area (Å²) in [7, 11) is 0. The van der Waals surface area contributed by atoms with Gasteiger partial charge in [0.25, 0.3) is 5.91 Å². The van der Waals surface area contributed by atoms with Crippen LogP contribution in [0.2, 0.25) is 0 Å². The molecule has 1 saturated heterocycles. The van der Waals surface area contributed by atoms with Crippen molar-refractivity contribution in [2.45, 2.75) is 39.7 Å². The number of anilines is 1. The zero-order valence-corrected chi connectivity index (χ0v) is 16.6. The molecule has 1 fully saturated rings. The molecule has 144 valence electrons. The van der Waals surface area contributed by atoms with Gasteiger partial charge < -0.3 is 15.0 Å². The van der Waals surface area contributed by atoms with Crippen molar-refractivity contribution >= 4 is 11.6 Å². The van der Waals surface area contributed by atoms with Crippen LogP contribution in [-0.4, -0.2) is 25.6 Å². The monoisotopic (exact) mass is 366 g/mol. The Balaban J connectivity index is 1.51.